The van der Waals surface area contributed by atoms with E-state index in [-0.39, 0.29) is 31.5 Å². The van der Waals surface area contributed by atoms with Crippen molar-refractivity contribution in [1.29, 1.82) is 0 Å². The molecule has 9 nitrogen and oxygen atoms in total. The molecule has 0 saturated heterocycles. The van der Waals surface area contributed by atoms with Crippen LogP contribution in [0.5, 0.6) is 0 Å². The van der Waals surface area contributed by atoms with Crippen LogP contribution in [-0.2, 0) is 27.9 Å². The number of nitrogens with zero attached hydrogens (tertiary/aromatic N) is 1. The van der Waals surface area contributed by atoms with Crippen molar-refractivity contribution < 1.29 is 37.3 Å². The summed E-state index contributed by atoms with van der Waals surface area (Å²) in [6, 6.07) is -0.850. The molecule has 0 aliphatic rings. The van der Waals surface area contributed by atoms with E-state index in [2.05, 4.69) is 50.4 Å². The number of phosphoric acid groups is 1. The maximum absolute atomic E-state index is 13.5. The summed E-state index contributed by atoms with van der Waals surface area (Å²) in [5.41, 5.74) is 0. The van der Waals surface area contributed by atoms with Gasteiger partial charge in [-0.15, -0.1) is 0 Å². The van der Waals surface area contributed by atoms with Gasteiger partial charge in [0.25, 0.3) is 0 Å². The van der Waals surface area contributed by atoms with Gasteiger partial charge in [-0.1, -0.05) is 225 Å². The number of hydrogen-bond acceptors (Lipinski definition) is 6. The third-order valence-corrected chi connectivity index (χ3v) is 14.3. The molecule has 0 aromatic carbocycles. The normalized spacial score (nSPS) is 14.0. The second-order valence-corrected chi connectivity index (χ2v) is 23.0. The molecule has 0 bridgehead atoms. The monoisotopic (exact) mass is 1010 g/mol. The van der Waals surface area contributed by atoms with Gasteiger partial charge in [0.05, 0.1) is 33.8 Å². The number of ether oxygens (including phenoxy) is 1. The predicted octanol–water partition coefficient (Wildman–Crippen LogP) is 17.9. The van der Waals surface area contributed by atoms with Gasteiger partial charge in [-0.25, -0.2) is 4.57 Å². The zero-order chi connectivity index (χ0) is 51.5. The first-order valence-corrected chi connectivity index (χ1v) is 31.3. The maximum atomic E-state index is 13.5. The number of allylic oxidation sites excluding steroid dienone is 5. The summed E-state index contributed by atoms with van der Waals surface area (Å²) in [6.45, 7) is 7.01. The SMILES string of the molecule is CCCCCCCC/C=C/CCCCCCCCCC(=O)OC(/C=C/CCCCCCCCCCC)C(COP(=O)(O)OCC[N+](C)(C)C)NC(=O)CCCCCCC/C=C/CCCCCCCCC. The zero-order valence-corrected chi connectivity index (χ0v) is 47.9. The van der Waals surface area contributed by atoms with Gasteiger partial charge in [0.2, 0.25) is 5.91 Å². The molecule has 412 valence electrons. The standard InChI is InChI=1S/C60H115N2O7P/c1-7-10-13-16-19-22-25-27-29-31-33-35-38-41-44-47-50-53-60(64)69-58(51-48-45-42-39-36-24-21-18-15-12-9-3)57(56-68-70(65,66)67-55-54-62(4,5)6)61-59(63)52-49-46-43-40-37-34-32-30-28-26-23-20-17-14-11-8-2/h27,29-30,32,48,51,57-58H,7-26,28,31,33-47,49-50,52-56H2,1-6H3,(H-,61,63,65,66)/p+1/b29-27+,32-30+,51-48+. The second-order valence-electron chi connectivity index (χ2n) is 21.5. The van der Waals surface area contributed by atoms with E-state index >= 15 is 0 Å². The van der Waals surface area contributed by atoms with Gasteiger partial charge in [-0.05, 0) is 83.1 Å². The van der Waals surface area contributed by atoms with E-state index in [0.29, 0.717) is 17.4 Å². The van der Waals surface area contributed by atoms with Crippen LogP contribution in [-0.4, -0.2) is 74.3 Å². The fourth-order valence-electron chi connectivity index (χ4n) is 8.64. The van der Waals surface area contributed by atoms with Crippen LogP contribution in [0.1, 0.15) is 284 Å². The third-order valence-electron chi connectivity index (χ3n) is 13.3. The number of carbonyl (C=O) groups excluding carboxylic acids is 2. The Bertz CT molecular complexity index is 1300. The van der Waals surface area contributed by atoms with Crippen LogP contribution in [0.4, 0.5) is 0 Å². The molecule has 0 fully saturated rings. The topological polar surface area (TPSA) is 111 Å². The molecule has 0 saturated carbocycles. The van der Waals surface area contributed by atoms with E-state index in [1.54, 1.807) is 0 Å². The number of quaternary nitrogens is 1. The highest BCUT2D eigenvalue weighted by molar-refractivity contribution is 7.47. The largest absolute Gasteiger partial charge is 0.472 e. The van der Waals surface area contributed by atoms with Crippen LogP contribution in [0.15, 0.2) is 36.5 Å². The van der Waals surface area contributed by atoms with Crippen molar-refractivity contribution in [1.82, 2.24) is 5.32 Å². The van der Waals surface area contributed by atoms with Crippen LogP contribution in [0.3, 0.4) is 0 Å². The number of rotatable bonds is 54. The number of hydrogen-bond donors (Lipinski definition) is 2. The molecule has 10 heteroatoms. The molecule has 3 unspecified atom stereocenters. The molecule has 0 spiro atoms. The molecule has 0 heterocycles. The quantitative estimate of drug-likeness (QED) is 0.0205. The highest BCUT2D eigenvalue weighted by Crippen LogP contribution is 2.43. The Morgan fingerprint density at radius 3 is 1.21 bits per heavy atom. The van der Waals surface area contributed by atoms with E-state index in [1.807, 2.05) is 33.3 Å². The van der Waals surface area contributed by atoms with Crippen LogP contribution in [0.25, 0.3) is 0 Å². The Balaban J connectivity index is 5.28. The Morgan fingerprint density at radius 1 is 0.486 bits per heavy atom. The van der Waals surface area contributed by atoms with Gasteiger partial charge >= 0.3 is 13.8 Å². The first-order valence-electron chi connectivity index (χ1n) is 29.8. The molecule has 0 aromatic heterocycles. The van der Waals surface area contributed by atoms with Crippen molar-refractivity contribution in [2.45, 2.75) is 296 Å². The fourth-order valence-corrected chi connectivity index (χ4v) is 9.37. The lowest BCUT2D eigenvalue weighted by Crippen LogP contribution is -2.47. The van der Waals surface area contributed by atoms with Crippen molar-refractivity contribution >= 4 is 19.7 Å². The van der Waals surface area contributed by atoms with E-state index in [1.165, 1.54) is 173 Å². The lowest BCUT2D eigenvalue weighted by molar-refractivity contribution is -0.870. The van der Waals surface area contributed by atoms with E-state index < -0.39 is 20.0 Å². The summed E-state index contributed by atoms with van der Waals surface area (Å²) in [4.78, 5) is 37.6. The summed E-state index contributed by atoms with van der Waals surface area (Å²) in [5.74, 6) is -0.512. The summed E-state index contributed by atoms with van der Waals surface area (Å²) in [6.07, 6.45) is 59.9. The van der Waals surface area contributed by atoms with Gasteiger partial charge in [0, 0.05) is 12.8 Å². The highest BCUT2D eigenvalue weighted by atomic mass is 31.2. The number of esters is 1. The van der Waals surface area contributed by atoms with Crippen molar-refractivity contribution in [2.24, 2.45) is 0 Å². The van der Waals surface area contributed by atoms with Gasteiger partial charge in [0.1, 0.15) is 19.3 Å². The Kier molecular flexibility index (Phi) is 49.5. The smallest absolute Gasteiger partial charge is 0.456 e. The van der Waals surface area contributed by atoms with E-state index in [9.17, 15) is 19.0 Å². The van der Waals surface area contributed by atoms with Crippen molar-refractivity contribution in [3.8, 4) is 0 Å². The summed E-state index contributed by atoms with van der Waals surface area (Å²) >= 11 is 0. The zero-order valence-electron chi connectivity index (χ0n) is 47.0. The Labute approximate surface area is 434 Å². The Morgan fingerprint density at radius 2 is 0.829 bits per heavy atom. The molecule has 3 atom stereocenters. The summed E-state index contributed by atoms with van der Waals surface area (Å²) < 4.78 is 30.6. The molecule has 2 N–H and O–H groups in total. The summed E-state index contributed by atoms with van der Waals surface area (Å²) in [7, 11) is 1.49. The average molecular weight is 1010 g/mol. The first-order chi connectivity index (χ1) is 33.9. The molecule has 0 aromatic rings. The van der Waals surface area contributed by atoms with Crippen LogP contribution in [0.2, 0.25) is 0 Å². The van der Waals surface area contributed by atoms with Gasteiger partial charge in [0.15, 0.2) is 0 Å². The third kappa shape index (κ3) is 51.1. The minimum atomic E-state index is -4.44. The first kappa shape index (κ1) is 68.2. The molecular weight excluding hydrogens is 892 g/mol. The van der Waals surface area contributed by atoms with E-state index in [4.69, 9.17) is 13.8 Å². The second kappa shape index (κ2) is 50.7. The van der Waals surface area contributed by atoms with Crippen molar-refractivity contribution in [3.63, 3.8) is 0 Å². The minimum absolute atomic E-state index is 0.0393. The van der Waals surface area contributed by atoms with Crippen molar-refractivity contribution in [3.05, 3.63) is 36.5 Å². The van der Waals surface area contributed by atoms with Gasteiger partial charge < -0.3 is 19.4 Å². The number of likely N-dealkylation sites (N-methyl/N-ethyl adjacent to an activating group) is 1. The van der Waals surface area contributed by atoms with Crippen LogP contribution < -0.4 is 5.32 Å². The summed E-state index contributed by atoms with van der Waals surface area (Å²) in [5, 5.41) is 3.05. The number of unbranched alkanes of at least 4 members (excludes halogenated alkanes) is 34. The van der Waals surface area contributed by atoms with Gasteiger partial charge in [-0.2, -0.15) is 0 Å². The number of amides is 1. The maximum Gasteiger partial charge on any atom is 0.472 e. The molecule has 0 radical (unpaired) electrons. The average Bonchev–Trinajstić information content (AvgIpc) is 3.32. The number of nitrogens with one attached hydrogen (secondary N) is 1. The number of phosphoric ester groups is 1. The van der Waals surface area contributed by atoms with Crippen LogP contribution >= 0.6 is 7.82 Å². The molecule has 0 aliphatic carbocycles. The van der Waals surface area contributed by atoms with Gasteiger partial charge in [-0.3, -0.25) is 18.6 Å². The molecular formula is C60H116N2O7P+. The lowest BCUT2D eigenvalue weighted by atomic mass is 10.1. The van der Waals surface area contributed by atoms with E-state index in [0.717, 1.165) is 77.0 Å². The highest BCUT2D eigenvalue weighted by Gasteiger charge is 2.30. The Hall–Kier alpha value is -1.77. The lowest BCUT2D eigenvalue weighted by Gasteiger charge is -2.27. The fraction of sp³-hybridized carbons (Fsp3) is 0.867. The molecule has 0 rings (SSSR count). The molecule has 70 heavy (non-hydrogen) atoms. The molecule has 0 aliphatic heterocycles. The minimum Gasteiger partial charge on any atom is -0.456 e. The molecule has 1 amide bonds. The predicted molar refractivity (Wildman–Crippen MR) is 300 cm³/mol. The number of carbonyl (C=O) groups is 2. The van der Waals surface area contributed by atoms with Crippen LogP contribution in [0, 0.1) is 0 Å². The van der Waals surface area contributed by atoms with Crippen molar-refractivity contribution in [2.75, 3.05) is 40.9 Å².